The van der Waals surface area contributed by atoms with Crippen LogP contribution in [0.5, 0.6) is 0 Å². The third kappa shape index (κ3) is 6.25. The number of aryl methyl sites for hydroxylation is 1. The Hall–Kier alpha value is -4.92. The Morgan fingerprint density at radius 2 is 1.61 bits per heavy atom. The average molecular weight is 666 g/mol. The molecule has 2 heterocycles. The molecule has 0 saturated heterocycles. The van der Waals surface area contributed by atoms with Gasteiger partial charge >= 0.3 is 0 Å². The zero-order chi connectivity index (χ0) is 26.0. The second-order valence-corrected chi connectivity index (χ2v) is 7.86. The second-order valence-electron chi connectivity index (χ2n) is 7.86. The molecule has 183 valence electrons. The van der Waals surface area contributed by atoms with Crippen LogP contribution in [-0.2, 0) is 20.1 Å². The van der Waals surface area contributed by atoms with Crippen LogP contribution in [0.3, 0.4) is 0 Å². The number of hydrogen-bond donors (Lipinski definition) is 0. The first-order valence-electron chi connectivity index (χ1n) is 11.3. The molecule has 0 spiro atoms. The van der Waals surface area contributed by atoms with Crippen molar-refractivity contribution in [2.24, 2.45) is 0 Å². The molecule has 5 nitrogen and oxygen atoms in total. The molecule has 0 amide bonds. The Kier molecular flexibility index (Phi) is 9.76. The van der Waals surface area contributed by atoms with Gasteiger partial charge in [0.2, 0.25) is 0 Å². The van der Waals surface area contributed by atoms with Crippen LogP contribution in [0.1, 0.15) is 16.7 Å². The average Bonchev–Trinajstić information content (AvgIpc) is 2.98. The third-order valence-electron chi connectivity index (χ3n) is 5.52. The molecule has 1 radical (unpaired) electrons. The van der Waals surface area contributed by atoms with Crippen molar-refractivity contribution in [1.29, 1.82) is 10.5 Å². The van der Waals surface area contributed by atoms with Gasteiger partial charge in [-0.3, -0.25) is 9.83 Å². The van der Waals surface area contributed by atoms with Gasteiger partial charge in [0.05, 0.1) is 6.57 Å². The number of hydrogen-bond acceptors (Lipinski definition) is 4. The van der Waals surface area contributed by atoms with E-state index >= 15 is 0 Å². The normalized spacial score (nSPS) is 9.42. The molecule has 5 aromatic rings. The van der Waals surface area contributed by atoms with Gasteiger partial charge in [0, 0.05) is 49.8 Å². The number of rotatable bonds is 3. The van der Waals surface area contributed by atoms with Crippen LogP contribution in [-0.4, -0.2) is 9.97 Å². The molecule has 0 aliphatic rings. The number of benzene rings is 3. The summed E-state index contributed by atoms with van der Waals surface area (Å²) in [6.07, 6.45) is 3.48. The summed E-state index contributed by atoms with van der Waals surface area (Å²) in [6, 6.07) is 36.9. The van der Waals surface area contributed by atoms with Gasteiger partial charge in [-0.15, -0.1) is 53.6 Å². The molecule has 6 heteroatoms. The van der Waals surface area contributed by atoms with Gasteiger partial charge in [0.1, 0.15) is 5.69 Å². The summed E-state index contributed by atoms with van der Waals surface area (Å²) in [7, 11) is 0. The molecule has 0 saturated carbocycles. The molecule has 3 aromatic carbocycles. The first-order valence-corrected chi connectivity index (χ1v) is 11.3. The summed E-state index contributed by atoms with van der Waals surface area (Å²) in [4.78, 5) is 12.1. The molecule has 0 aliphatic heterocycles. The van der Waals surface area contributed by atoms with E-state index in [0.29, 0.717) is 11.3 Å². The smallest absolute Gasteiger partial charge is 0.142 e. The molecule has 0 atom stereocenters. The van der Waals surface area contributed by atoms with E-state index in [1.807, 2.05) is 97.9 Å². The first kappa shape index (κ1) is 27.7. The summed E-state index contributed by atoms with van der Waals surface area (Å²) in [6.45, 7) is 9.29. The van der Waals surface area contributed by atoms with Crippen molar-refractivity contribution in [1.82, 2.24) is 9.97 Å². The molecule has 5 rings (SSSR count). The summed E-state index contributed by atoms with van der Waals surface area (Å²) in [5.41, 5.74) is 6.36. The van der Waals surface area contributed by atoms with E-state index in [0.717, 1.165) is 27.9 Å². The third-order valence-corrected chi connectivity index (χ3v) is 5.52. The van der Waals surface area contributed by atoms with Crippen molar-refractivity contribution < 1.29 is 20.1 Å². The van der Waals surface area contributed by atoms with Crippen molar-refractivity contribution in [3.8, 4) is 45.8 Å². The predicted molar refractivity (Wildman–Crippen MR) is 143 cm³/mol. The van der Waals surface area contributed by atoms with Crippen molar-refractivity contribution >= 4 is 5.69 Å². The van der Waals surface area contributed by atoms with E-state index in [4.69, 9.17) is 6.57 Å². The molecule has 0 N–H and O–H groups in total. The SMILES string of the molecule is [C-]#[N+]c1cc(-c2nccc(C)c2-c2ccccc2)[c-]c(C#N)c1C#N.[Ir].[c-]1ccccc1-c1ccccn1. The minimum absolute atomic E-state index is 0. The standard InChI is InChI=1S/C21H11N4.C11H8N.Ir/c1-14-8-9-25-21(20(14)15-6-4-3-5-7-15)16-10-17(12-22)18(13-23)19(11-16)24-2;1-2-6-10(7-3-1)11-8-4-5-9-12-11;/h3-9,11H,1H3;1-6,8-9H;/q2*-1;. The van der Waals surface area contributed by atoms with Crippen molar-refractivity contribution in [3.63, 3.8) is 0 Å². The Balaban J connectivity index is 0.000000258. The van der Waals surface area contributed by atoms with E-state index in [2.05, 4.69) is 26.9 Å². The Labute approximate surface area is 235 Å². The maximum Gasteiger partial charge on any atom is 0.142 e. The second kappa shape index (κ2) is 13.4. The zero-order valence-electron chi connectivity index (χ0n) is 20.3. The van der Waals surface area contributed by atoms with Crippen LogP contribution in [0.2, 0.25) is 0 Å². The maximum atomic E-state index is 9.33. The quantitative estimate of drug-likeness (QED) is 0.189. The van der Waals surface area contributed by atoms with Gasteiger partial charge in [0.15, 0.2) is 0 Å². The number of nitrogens with zero attached hydrogens (tertiary/aromatic N) is 5. The molecular formula is C32H19IrN5-2. The Morgan fingerprint density at radius 1 is 0.842 bits per heavy atom. The summed E-state index contributed by atoms with van der Waals surface area (Å²) < 4.78 is 0. The molecular weight excluding hydrogens is 647 g/mol. The first-order chi connectivity index (χ1) is 18.2. The summed E-state index contributed by atoms with van der Waals surface area (Å²) >= 11 is 0. The largest absolute Gasteiger partial charge is 0.305 e. The van der Waals surface area contributed by atoms with Crippen LogP contribution < -0.4 is 0 Å². The molecule has 2 aromatic heterocycles. The van der Waals surface area contributed by atoms with Gasteiger partial charge in [-0.1, -0.05) is 42.5 Å². The van der Waals surface area contributed by atoms with E-state index in [1.54, 1.807) is 18.5 Å². The Morgan fingerprint density at radius 3 is 2.24 bits per heavy atom. The fourth-order valence-corrected chi connectivity index (χ4v) is 3.79. The van der Waals surface area contributed by atoms with Gasteiger partial charge in [-0.25, -0.2) is 10.5 Å². The van der Waals surface area contributed by atoms with E-state index in [-0.39, 0.29) is 36.9 Å². The Bertz CT molecular complexity index is 1570. The van der Waals surface area contributed by atoms with Gasteiger partial charge in [0.25, 0.3) is 0 Å². The fourth-order valence-electron chi connectivity index (χ4n) is 3.79. The monoisotopic (exact) mass is 666 g/mol. The molecule has 0 aliphatic carbocycles. The van der Waals surface area contributed by atoms with Crippen molar-refractivity contribution in [3.05, 3.63) is 138 Å². The minimum atomic E-state index is 0. The number of aromatic nitrogens is 2. The maximum absolute atomic E-state index is 9.33. The zero-order valence-corrected chi connectivity index (χ0v) is 22.7. The summed E-state index contributed by atoms with van der Waals surface area (Å²) in [5.74, 6) is 0. The number of nitriles is 2. The van der Waals surface area contributed by atoms with Gasteiger partial charge < -0.3 is 4.98 Å². The predicted octanol–water partition coefficient (Wildman–Crippen LogP) is 7.36. The van der Waals surface area contributed by atoms with Crippen molar-refractivity contribution in [2.75, 3.05) is 0 Å². The molecule has 0 fully saturated rings. The van der Waals surface area contributed by atoms with Crippen LogP contribution in [0.25, 0.3) is 38.5 Å². The van der Waals surface area contributed by atoms with E-state index < -0.39 is 0 Å². The van der Waals surface area contributed by atoms with Crippen LogP contribution in [0.4, 0.5) is 5.69 Å². The topological polar surface area (TPSA) is 77.7 Å². The van der Waals surface area contributed by atoms with Crippen LogP contribution in [0.15, 0.2) is 97.3 Å². The summed E-state index contributed by atoms with van der Waals surface area (Å²) in [5, 5.41) is 18.5. The van der Waals surface area contributed by atoms with Gasteiger partial charge in [-0.2, -0.15) is 0 Å². The minimum Gasteiger partial charge on any atom is -0.305 e. The number of pyridine rings is 2. The van der Waals surface area contributed by atoms with E-state index in [9.17, 15) is 10.5 Å². The van der Waals surface area contributed by atoms with E-state index in [1.165, 1.54) is 0 Å². The van der Waals surface area contributed by atoms with Crippen molar-refractivity contribution in [2.45, 2.75) is 6.92 Å². The van der Waals surface area contributed by atoms with Crippen LogP contribution >= 0.6 is 0 Å². The molecule has 0 bridgehead atoms. The fraction of sp³-hybridized carbons (Fsp3) is 0.0312. The molecule has 38 heavy (non-hydrogen) atoms. The van der Waals surface area contributed by atoms with Gasteiger partial charge in [-0.05, 0) is 53.1 Å². The van der Waals surface area contributed by atoms with Crippen LogP contribution in [0, 0.1) is 48.3 Å². The molecule has 0 unspecified atom stereocenters.